The number of para-hydroxylation sites is 1. The van der Waals surface area contributed by atoms with Gasteiger partial charge < -0.3 is 10.1 Å². The van der Waals surface area contributed by atoms with Gasteiger partial charge >= 0.3 is 0 Å². The molecule has 4 nitrogen and oxygen atoms in total. The van der Waals surface area contributed by atoms with Gasteiger partial charge in [-0.15, -0.1) is 11.3 Å². The fourth-order valence-electron chi connectivity index (χ4n) is 2.93. The zero-order chi connectivity index (χ0) is 19.3. The highest BCUT2D eigenvalue weighted by atomic mass is 32.1. The van der Waals surface area contributed by atoms with Gasteiger partial charge in [0.2, 0.25) is 0 Å². The molecule has 0 bridgehead atoms. The fraction of sp³-hybridized carbons (Fsp3) is 0.0909. The SMILES string of the molecule is O=C(NCc1cccnc1)c1sc2cccc(F)c2c1COc1ccccc1. The van der Waals surface area contributed by atoms with Crippen LogP contribution in [0.2, 0.25) is 0 Å². The van der Waals surface area contributed by atoms with E-state index in [4.69, 9.17) is 4.74 Å². The summed E-state index contributed by atoms with van der Waals surface area (Å²) < 4.78 is 21.0. The van der Waals surface area contributed by atoms with Crippen molar-refractivity contribution in [2.45, 2.75) is 13.2 Å². The van der Waals surface area contributed by atoms with Crippen LogP contribution in [0.3, 0.4) is 0 Å². The lowest BCUT2D eigenvalue weighted by molar-refractivity contribution is 0.0953. The van der Waals surface area contributed by atoms with Gasteiger partial charge in [0.25, 0.3) is 5.91 Å². The molecule has 6 heteroatoms. The Morgan fingerprint density at radius 1 is 1.07 bits per heavy atom. The van der Waals surface area contributed by atoms with Gasteiger partial charge in [0.15, 0.2) is 0 Å². The van der Waals surface area contributed by atoms with Crippen LogP contribution in [-0.4, -0.2) is 10.9 Å². The minimum atomic E-state index is -0.355. The molecule has 0 atom stereocenters. The van der Waals surface area contributed by atoms with E-state index in [2.05, 4.69) is 10.3 Å². The van der Waals surface area contributed by atoms with Crippen molar-refractivity contribution in [2.24, 2.45) is 0 Å². The summed E-state index contributed by atoms with van der Waals surface area (Å²) in [5.41, 5.74) is 1.45. The molecule has 0 aliphatic carbocycles. The van der Waals surface area contributed by atoms with E-state index in [-0.39, 0.29) is 18.3 Å². The number of aromatic nitrogens is 1. The third-order valence-corrected chi connectivity index (χ3v) is 5.47. The van der Waals surface area contributed by atoms with E-state index in [9.17, 15) is 9.18 Å². The Morgan fingerprint density at radius 3 is 2.71 bits per heavy atom. The van der Waals surface area contributed by atoms with Gasteiger partial charge in [-0.3, -0.25) is 9.78 Å². The molecule has 28 heavy (non-hydrogen) atoms. The van der Waals surface area contributed by atoms with E-state index < -0.39 is 0 Å². The summed E-state index contributed by atoms with van der Waals surface area (Å²) in [7, 11) is 0. The Balaban J connectivity index is 1.62. The molecular formula is C22H17FN2O2S. The number of benzene rings is 2. The Labute approximate surface area is 165 Å². The van der Waals surface area contributed by atoms with Gasteiger partial charge in [-0.1, -0.05) is 30.3 Å². The minimum Gasteiger partial charge on any atom is -0.489 e. The lowest BCUT2D eigenvalue weighted by atomic mass is 10.1. The number of carbonyl (C=O) groups excluding carboxylic acids is 1. The van der Waals surface area contributed by atoms with Crippen molar-refractivity contribution in [3.8, 4) is 5.75 Å². The Hall–Kier alpha value is -3.25. The van der Waals surface area contributed by atoms with Crippen molar-refractivity contribution in [1.29, 1.82) is 0 Å². The molecule has 0 aliphatic rings. The number of nitrogens with one attached hydrogen (secondary N) is 1. The predicted molar refractivity (Wildman–Crippen MR) is 108 cm³/mol. The average molecular weight is 392 g/mol. The van der Waals surface area contributed by atoms with Gasteiger partial charge in [0.1, 0.15) is 18.2 Å². The highest BCUT2D eigenvalue weighted by Crippen LogP contribution is 2.34. The van der Waals surface area contributed by atoms with E-state index in [0.717, 1.165) is 10.3 Å². The Bertz CT molecular complexity index is 1100. The lowest BCUT2D eigenvalue weighted by Gasteiger charge is -2.09. The second kappa shape index (κ2) is 8.19. The standard InChI is InChI=1S/C22H17FN2O2S/c23-18-9-4-10-19-20(18)17(14-27-16-7-2-1-3-8-16)21(28-19)22(26)25-13-15-6-5-11-24-12-15/h1-12H,13-14H2,(H,25,26). The summed E-state index contributed by atoms with van der Waals surface area (Å²) in [4.78, 5) is 17.3. The first-order valence-corrected chi connectivity index (χ1v) is 9.59. The fourth-order valence-corrected chi connectivity index (χ4v) is 4.06. The third-order valence-electron chi connectivity index (χ3n) is 4.27. The maximum Gasteiger partial charge on any atom is 0.262 e. The second-order valence-corrected chi connectivity index (χ2v) is 7.22. The van der Waals surface area contributed by atoms with E-state index in [0.29, 0.717) is 28.1 Å². The zero-order valence-electron chi connectivity index (χ0n) is 14.9. The molecule has 0 aliphatic heterocycles. The number of thiophene rings is 1. The van der Waals surface area contributed by atoms with Crippen molar-refractivity contribution in [3.05, 3.63) is 94.9 Å². The largest absolute Gasteiger partial charge is 0.489 e. The van der Waals surface area contributed by atoms with Crippen LogP contribution >= 0.6 is 11.3 Å². The van der Waals surface area contributed by atoms with Crippen molar-refractivity contribution in [3.63, 3.8) is 0 Å². The lowest BCUT2D eigenvalue weighted by Crippen LogP contribution is -2.23. The van der Waals surface area contributed by atoms with Crippen molar-refractivity contribution in [1.82, 2.24) is 10.3 Å². The van der Waals surface area contributed by atoms with Crippen molar-refractivity contribution < 1.29 is 13.9 Å². The summed E-state index contributed by atoms with van der Waals surface area (Å²) in [6.07, 6.45) is 3.38. The predicted octanol–water partition coefficient (Wildman–Crippen LogP) is 4.94. The van der Waals surface area contributed by atoms with E-state index in [1.165, 1.54) is 17.4 Å². The van der Waals surface area contributed by atoms with Crippen LogP contribution in [0.1, 0.15) is 20.8 Å². The Kier molecular flexibility index (Phi) is 5.30. The molecule has 2 aromatic heterocycles. The van der Waals surface area contributed by atoms with E-state index in [1.807, 2.05) is 48.5 Å². The monoisotopic (exact) mass is 392 g/mol. The van der Waals surface area contributed by atoms with Crippen LogP contribution in [-0.2, 0) is 13.2 Å². The first-order valence-electron chi connectivity index (χ1n) is 8.77. The molecule has 2 heterocycles. The zero-order valence-corrected chi connectivity index (χ0v) is 15.7. The molecule has 4 rings (SSSR count). The van der Waals surface area contributed by atoms with Gasteiger partial charge in [-0.05, 0) is 35.9 Å². The third kappa shape index (κ3) is 3.87. The highest BCUT2D eigenvalue weighted by molar-refractivity contribution is 7.21. The number of fused-ring (bicyclic) bond motifs is 1. The first-order chi connectivity index (χ1) is 13.7. The van der Waals surface area contributed by atoms with Gasteiger partial charge in [0, 0.05) is 34.6 Å². The smallest absolute Gasteiger partial charge is 0.262 e. The molecule has 0 spiro atoms. The summed E-state index contributed by atoms with van der Waals surface area (Å²) in [5, 5.41) is 3.33. The summed E-state index contributed by atoms with van der Waals surface area (Å²) in [6.45, 7) is 0.461. The average Bonchev–Trinajstić information content (AvgIpc) is 3.12. The number of ether oxygens (including phenoxy) is 1. The van der Waals surface area contributed by atoms with Crippen molar-refractivity contribution >= 4 is 27.3 Å². The molecule has 1 N–H and O–H groups in total. The number of amides is 1. The summed E-state index contributed by atoms with van der Waals surface area (Å²) in [5.74, 6) is 0.0581. The number of hydrogen-bond donors (Lipinski definition) is 1. The second-order valence-electron chi connectivity index (χ2n) is 6.17. The minimum absolute atomic E-state index is 0.112. The topological polar surface area (TPSA) is 51.2 Å². The van der Waals surface area contributed by atoms with Crippen LogP contribution in [0, 0.1) is 5.82 Å². The molecule has 0 saturated carbocycles. The van der Waals surface area contributed by atoms with Crippen LogP contribution in [0.5, 0.6) is 5.75 Å². The number of halogens is 1. The molecule has 140 valence electrons. The van der Waals surface area contributed by atoms with Crippen LogP contribution in [0.15, 0.2) is 73.1 Å². The molecule has 4 aromatic rings. The molecule has 1 amide bonds. The molecule has 2 aromatic carbocycles. The van der Waals surface area contributed by atoms with Gasteiger partial charge in [0.05, 0.1) is 4.88 Å². The summed E-state index contributed by atoms with van der Waals surface area (Å²) >= 11 is 1.27. The van der Waals surface area contributed by atoms with Crippen LogP contribution in [0.4, 0.5) is 4.39 Å². The van der Waals surface area contributed by atoms with Gasteiger partial charge in [-0.2, -0.15) is 0 Å². The van der Waals surface area contributed by atoms with Crippen LogP contribution in [0.25, 0.3) is 10.1 Å². The summed E-state index contributed by atoms with van der Waals surface area (Å²) in [6, 6.07) is 17.8. The molecule has 0 saturated heterocycles. The number of nitrogens with zero attached hydrogens (tertiary/aromatic N) is 1. The van der Waals surface area contributed by atoms with Crippen molar-refractivity contribution in [2.75, 3.05) is 0 Å². The number of hydrogen-bond acceptors (Lipinski definition) is 4. The van der Waals surface area contributed by atoms with E-state index in [1.54, 1.807) is 18.5 Å². The maximum atomic E-state index is 14.5. The maximum absolute atomic E-state index is 14.5. The number of pyridine rings is 1. The number of carbonyl (C=O) groups is 1. The normalized spacial score (nSPS) is 10.8. The molecule has 0 fully saturated rings. The molecular weight excluding hydrogens is 375 g/mol. The highest BCUT2D eigenvalue weighted by Gasteiger charge is 2.21. The molecule has 0 unspecified atom stereocenters. The van der Waals surface area contributed by atoms with Gasteiger partial charge in [-0.25, -0.2) is 4.39 Å². The Morgan fingerprint density at radius 2 is 1.93 bits per heavy atom. The van der Waals surface area contributed by atoms with E-state index >= 15 is 0 Å². The molecule has 0 radical (unpaired) electrons. The quantitative estimate of drug-likeness (QED) is 0.505. The number of rotatable bonds is 6. The first kappa shape index (κ1) is 18.1. The van der Waals surface area contributed by atoms with Crippen LogP contribution < -0.4 is 10.1 Å².